The smallest absolute Gasteiger partial charge is 0.453 e. The molecule has 10 heteroatoms. The normalized spacial score (nSPS) is 12.3. The summed E-state index contributed by atoms with van der Waals surface area (Å²) in [5, 5.41) is 13.0. The summed E-state index contributed by atoms with van der Waals surface area (Å²) in [7, 11) is -1.32. The average Bonchev–Trinajstić information content (AvgIpc) is 3.10. The maximum absolute atomic E-state index is 13.1. The van der Waals surface area contributed by atoms with Crippen LogP contribution in [0.15, 0.2) is 42.6 Å². The Balaban J connectivity index is 1.84. The maximum atomic E-state index is 13.1. The van der Waals surface area contributed by atoms with E-state index in [1.54, 1.807) is 24.3 Å². The molecule has 160 valence electrons. The molecular formula is C20H23F3N4O2Si. The largest absolute Gasteiger partial charge is 0.508 e. The lowest BCUT2D eigenvalue weighted by molar-refractivity contribution is -0.145. The molecule has 0 aliphatic carbocycles. The summed E-state index contributed by atoms with van der Waals surface area (Å²) in [5.41, 5.74) is 1.79. The number of benzene rings is 1. The molecule has 6 nitrogen and oxygen atoms in total. The van der Waals surface area contributed by atoms with Gasteiger partial charge in [0.15, 0.2) is 5.82 Å². The molecule has 0 spiro atoms. The lowest BCUT2D eigenvalue weighted by Gasteiger charge is -2.15. The summed E-state index contributed by atoms with van der Waals surface area (Å²) in [6.07, 6.45) is -3.21. The first kappa shape index (κ1) is 22.0. The number of halogens is 3. The van der Waals surface area contributed by atoms with Gasteiger partial charge in [-0.25, -0.2) is 9.67 Å². The van der Waals surface area contributed by atoms with Crippen LogP contribution in [-0.2, 0) is 17.6 Å². The van der Waals surface area contributed by atoms with Crippen LogP contribution in [-0.4, -0.2) is 39.5 Å². The Hall–Kier alpha value is -2.72. The fourth-order valence-electron chi connectivity index (χ4n) is 2.62. The third kappa shape index (κ3) is 5.67. The number of alkyl halides is 3. The van der Waals surface area contributed by atoms with E-state index in [1.165, 1.54) is 18.3 Å². The van der Waals surface area contributed by atoms with Crippen LogP contribution in [0.25, 0.3) is 22.6 Å². The highest BCUT2D eigenvalue weighted by molar-refractivity contribution is 6.76. The summed E-state index contributed by atoms with van der Waals surface area (Å²) in [4.78, 5) is 7.99. The van der Waals surface area contributed by atoms with E-state index < -0.39 is 20.1 Å². The number of hydrogen-bond donors (Lipinski definition) is 1. The number of aromatic hydroxyl groups is 1. The van der Waals surface area contributed by atoms with E-state index in [9.17, 15) is 18.3 Å². The Morgan fingerprint density at radius 1 is 1.03 bits per heavy atom. The Bertz CT molecular complexity index is 981. The van der Waals surface area contributed by atoms with Crippen molar-refractivity contribution in [3.05, 3.63) is 48.4 Å². The molecule has 0 aliphatic rings. The zero-order valence-electron chi connectivity index (χ0n) is 16.9. The van der Waals surface area contributed by atoms with Gasteiger partial charge in [-0.3, -0.25) is 4.98 Å². The Kier molecular flexibility index (Phi) is 6.27. The zero-order valence-corrected chi connectivity index (χ0v) is 17.9. The van der Waals surface area contributed by atoms with E-state index in [4.69, 9.17) is 4.74 Å². The standard InChI is InChI=1S/C20H23F3N4O2Si/c1-30(2,3)11-10-29-13-27-18(25-19(26-27)20(21,22)23)15-6-9-17(24-12-15)14-4-7-16(28)8-5-14/h4-9,12,28H,10-11,13H2,1-3H3. The van der Waals surface area contributed by atoms with Crippen molar-refractivity contribution >= 4 is 8.07 Å². The molecule has 0 fully saturated rings. The van der Waals surface area contributed by atoms with Crippen LogP contribution in [0.2, 0.25) is 25.7 Å². The van der Waals surface area contributed by atoms with Crippen molar-refractivity contribution in [1.82, 2.24) is 19.7 Å². The minimum absolute atomic E-state index is 0.0417. The number of hydrogen-bond acceptors (Lipinski definition) is 5. The van der Waals surface area contributed by atoms with Crippen LogP contribution >= 0.6 is 0 Å². The van der Waals surface area contributed by atoms with Crippen molar-refractivity contribution in [2.75, 3.05) is 6.61 Å². The highest BCUT2D eigenvalue weighted by Gasteiger charge is 2.37. The second-order valence-corrected chi connectivity index (χ2v) is 13.7. The van der Waals surface area contributed by atoms with Gasteiger partial charge < -0.3 is 9.84 Å². The van der Waals surface area contributed by atoms with Crippen molar-refractivity contribution < 1.29 is 23.0 Å². The van der Waals surface area contributed by atoms with E-state index in [-0.39, 0.29) is 18.3 Å². The number of rotatable bonds is 7. The van der Waals surface area contributed by atoms with Crippen LogP contribution in [0.4, 0.5) is 13.2 Å². The summed E-state index contributed by atoms with van der Waals surface area (Å²) < 4.78 is 46.1. The van der Waals surface area contributed by atoms with Gasteiger partial charge in [0.05, 0.1) is 5.69 Å². The molecule has 1 N–H and O–H groups in total. The van der Waals surface area contributed by atoms with Gasteiger partial charge in [0.2, 0.25) is 0 Å². The Morgan fingerprint density at radius 3 is 2.27 bits per heavy atom. The van der Waals surface area contributed by atoms with Crippen LogP contribution in [0.1, 0.15) is 5.82 Å². The lowest BCUT2D eigenvalue weighted by atomic mass is 10.1. The quantitative estimate of drug-likeness (QED) is 0.415. The number of aromatic nitrogens is 4. The van der Waals surface area contributed by atoms with Crippen LogP contribution in [0, 0.1) is 0 Å². The number of ether oxygens (including phenoxy) is 1. The third-order valence-electron chi connectivity index (χ3n) is 4.32. The van der Waals surface area contributed by atoms with Crippen molar-refractivity contribution in [2.24, 2.45) is 0 Å². The van der Waals surface area contributed by atoms with Crippen LogP contribution < -0.4 is 0 Å². The lowest BCUT2D eigenvalue weighted by Crippen LogP contribution is -2.22. The number of pyridine rings is 1. The number of phenolic OH excluding ortho intramolecular Hbond substituents is 1. The first-order valence-electron chi connectivity index (χ1n) is 9.38. The molecule has 0 aliphatic heterocycles. The van der Waals surface area contributed by atoms with Gasteiger partial charge in [0, 0.05) is 32.0 Å². The van der Waals surface area contributed by atoms with Gasteiger partial charge in [-0.1, -0.05) is 19.6 Å². The summed E-state index contributed by atoms with van der Waals surface area (Å²) in [5.74, 6) is -1.04. The van der Waals surface area contributed by atoms with Crippen LogP contribution in [0.3, 0.4) is 0 Å². The number of nitrogens with zero attached hydrogens (tertiary/aromatic N) is 4. The molecule has 3 aromatic rings. The molecule has 0 saturated carbocycles. The van der Waals surface area contributed by atoms with Crippen LogP contribution in [0.5, 0.6) is 5.75 Å². The molecule has 0 atom stereocenters. The molecule has 1 aromatic carbocycles. The van der Waals surface area contributed by atoms with E-state index in [1.807, 2.05) is 0 Å². The SMILES string of the molecule is C[Si](C)(C)CCOCn1nc(C(F)(F)F)nc1-c1ccc(-c2ccc(O)cc2)nc1. The Morgan fingerprint density at radius 2 is 1.70 bits per heavy atom. The Labute approximate surface area is 173 Å². The minimum Gasteiger partial charge on any atom is -0.508 e. The monoisotopic (exact) mass is 436 g/mol. The fourth-order valence-corrected chi connectivity index (χ4v) is 3.38. The summed E-state index contributed by atoms with van der Waals surface area (Å²) in [6.45, 7) is 6.91. The van der Waals surface area contributed by atoms with Crippen molar-refractivity contribution in [1.29, 1.82) is 0 Å². The first-order chi connectivity index (χ1) is 14.0. The van der Waals surface area contributed by atoms with Crippen molar-refractivity contribution in [2.45, 2.75) is 38.6 Å². The van der Waals surface area contributed by atoms with Gasteiger partial charge in [-0.2, -0.15) is 13.2 Å². The highest BCUT2D eigenvalue weighted by atomic mass is 28.3. The predicted molar refractivity (Wildman–Crippen MR) is 109 cm³/mol. The summed E-state index contributed by atoms with van der Waals surface area (Å²) >= 11 is 0. The molecule has 0 bridgehead atoms. The third-order valence-corrected chi connectivity index (χ3v) is 6.02. The molecule has 0 radical (unpaired) electrons. The van der Waals surface area contributed by atoms with Gasteiger partial charge in [-0.15, -0.1) is 5.10 Å². The van der Waals surface area contributed by atoms with Crippen molar-refractivity contribution in [3.8, 4) is 28.4 Å². The predicted octanol–water partition coefficient (Wildman–Crippen LogP) is 5.04. The molecule has 0 unspecified atom stereocenters. The molecular weight excluding hydrogens is 413 g/mol. The fraction of sp³-hybridized carbons (Fsp3) is 0.350. The highest BCUT2D eigenvalue weighted by Crippen LogP contribution is 2.29. The molecule has 0 amide bonds. The zero-order chi connectivity index (χ0) is 21.9. The van der Waals surface area contributed by atoms with Crippen molar-refractivity contribution in [3.63, 3.8) is 0 Å². The van der Waals surface area contributed by atoms with E-state index in [0.29, 0.717) is 17.9 Å². The topological polar surface area (TPSA) is 73.1 Å². The van der Waals surface area contributed by atoms with E-state index in [0.717, 1.165) is 16.3 Å². The minimum atomic E-state index is -4.66. The van der Waals surface area contributed by atoms with Gasteiger partial charge in [0.1, 0.15) is 12.5 Å². The van der Waals surface area contributed by atoms with E-state index >= 15 is 0 Å². The molecule has 3 rings (SSSR count). The second kappa shape index (κ2) is 8.56. The second-order valence-electron chi connectivity index (χ2n) is 8.08. The van der Waals surface area contributed by atoms with Gasteiger partial charge in [0.25, 0.3) is 5.82 Å². The first-order valence-corrected chi connectivity index (χ1v) is 13.1. The molecule has 2 heterocycles. The number of phenols is 1. The molecule has 0 saturated heterocycles. The van der Waals surface area contributed by atoms with Gasteiger partial charge >= 0.3 is 6.18 Å². The maximum Gasteiger partial charge on any atom is 0.453 e. The molecule has 30 heavy (non-hydrogen) atoms. The molecule has 2 aromatic heterocycles. The summed E-state index contributed by atoms with van der Waals surface area (Å²) in [6, 6.07) is 10.7. The average molecular weight is 437 g/mol. The van der Waals surface area contributed by atoms with E-state index in [2.05, 4.69) is 34.7 Å². The van der Waals surface area contributed by atoms with Gasteiger partial charge in [-0.05, 0) is 42.4 Å².